The molecule has 1 aliphatic heterocycles. The second-order valence-corrected chi connectivity index (χ2v) is 13.2. The summed E-state index contributed by atoms with van der Waals surface area (Å²) in [5, 5.41) is 3.90. The molecule has 0 spiro atoms. The van der Waals surface area contributed by atoms with Crippen LogP contribution in [0.5, 0.6) is 0 Å². The molecule has 0 radical (unpaired) electrons. The number of hydrogen-bond acceptors (Lipinski definition) is 6. The van der Waals surface area contributed by atoms with Gasteiger partial charge in [-0.05, 0) is 87.5 Å². The van der Waals surface area contributed by atoms with Crippen molar-refractivity contribution in [3.8, 4) is 0 Å². The van der Waals surface area contributed by atoms with Crippen molar-refractivity contribution in [2.75, 3.05) is 32.3 Å². The molecule has 1 saturated heterocycles. The van der Waals surface area contributed by atoms with E-state index in [9.17, 15) is 18.8 Å². The maximum atomic E-state index is 14.1. The number of likely N-dealkylation sites (tertiary alicyclic amines) is 1. The summed E-state index contributed by atoms with van der Waals surface area (Å²) in [6, 6.07) is 6.55. The number of rotatable bonds is 11. The number of amides is 2. The molecule has 3 aliphatic rings. The van der Waals surface area contributed by atoms with E-state index >= 15 is 0 Å². The summed E-state index contributed by atoms with van der Waals surface area (Å²) in [5.74, 6) is 0.173. The van der Waals surface area contributed by atoms with Gasteiger partial charge in [0.05, 0.1) is 12.8 Å². The number of nitrogens with zero attached hydrogens (tertiary/aromatic N) is 1. The van der Waals surface area contributed by atoms with E-state index in [0.29, 0.717) is 30.3 Å². The van der Waals surface area contributed by atoms with Crippen molar-refractivity contribution in [3.05, 3.63) is 30.0 Å². The van der Waals surface area contributed by atoms with Gasteiger partial charge >= 0.3 is 5.97 Å². The van der Waals surface area contributed by atoms with Crippen LogP contribution in [-0.2, 0) is 19.1 Å². The van der Waals surface area contributed by atoms with Gasteiger partial charge in [0, 0.05) is 42.2 Å². The molecule has 1 aromatic carbocycles. The Kier molecular flexibility index (Phi) is 11.0. The van der Waals surface area contributed by atoms with Crippen LogP contribution >= 0.6 is 0 Å². The van der Waals surface area contributed by atoms with Crippen molar-refractivity contribution in [1.29, 1.82) is 0 Å². The molecule has 4 N–H and O–H groups in total. The molecule has 2 saturated carbocycles. The van der Waals surface area contributed by atoms with Crippen molar-refractivity contribution in [3.63, 3.8) is 0 Å². The Labute approximate surface area is 259 Å². The summed E-state index contributed by atoms with van der Waals surface area (Å²) >= 11 is 0. The van der Waals surface area contributed by atoms with Gasteiger partial charge in [0.25, 0.3) is 0 Å². The number of halogens is 1. The number of aromatic amines is 1. The van der Waals surface area contributed by atoms with Gasteiger partial charge in [-0.1, -0.05) is 32.1 Å². The summed E-state index contributed by atoms with van der Waals surface area (Å²) in [6.07, 6.45) is 9.92. The number of anilines is 1. The zero-order valence-corrected chi connectivity index (χ0v) is 26.2. The molecule has 2 aliphatic carbocycles. The predicted molar refractivity (Wildman–Crippen MR) is 168 cm³/mol. The predicted octanol–water partition coefficient (Wildman–Crippen LogP) is 5.59. The van der Waals surface area contributed by atoms with Crippen LogP contribution in [0.1, 0.15) is 88.0 Å². The fourth-order valence-corrected chi connectivity index (χ4v) is 7.72. The van der Waals surface area contributed by atoms with E-state index in [2.05, 4.69) is 10.3 Å². The zero-order chi connectivity index (χ0) is 31.2. The van der Waals surface area contributed by atoms with Crippen LogP contribution in [0.4, 0.5) is 10.1 Å². The largest absolute Gasteiger partial charge is 0.458 e. The Morgan fingerprint density at radius 2 is 1.82 bits per heavy atom. The molecule has 2 heterocycles. The monoisotopic (exact) mass is 612 g/mol. The van der Waals surface area contributed by atoms with E-state index in [0.717, 1.165) is 55.8 Å². The quantitative estimate of drug-likeness (QED) is 0.284. The van der Waals surface area contributed by atoms with Crippen molar-refractivity contribution in [1.82, 2.24) is 9.88 Å². The normalized spacial score (nSPS) is 26.0. The Hall–Kier alpha value is -2.98. The smallest absolute Gasteiger partial charge is 0.354 e. The number of esters is 1. The van der Waals surface area contributed by atoms with Crippen LogP contribution in [0, 0.1) is 23.7 Å². The van der Waals surface area contributed by atoms with Gasteiger partial charge in [0.2, 0.25) is 11.8 Å². The minimum absolute atomic E-state index is 0.0769. The molecule has 10 heteroatoms. The molecule has 2 amide bonds. The average Bonchev–Trinajstić information content (AvgIpc) is 3.69. The highest BCUT2D eigenvalue weighted by Gasteiger charge is 2.47. The van der Waals surface area contributed by atoms with E-state index in [4.69, 9.17) is 15.2 Å². The second-order valence-electron chi connectivity index (χ2n) is 13.2. The number of methoxy groups -OCH3 is 1. The molecule has 4 atom stereocenters. The number of H-pyrrole nitrogens is 1. The molecular formula is C34H49FN4O5. The number of hydrogen-bond donors (Lipinski definition) is 3. The van der Waals surface area contributed by atoms with Gasteiger partial charge in [0.15, 0.2) is 0 Å². The van der Waals surface area contributed by atoms with E-state index in [1.165, 1.54) is 19.3 Å². The third-order valence-electron chi connectivity index (χ3n) is 10.4. The Balaban J connectivity index is 1.29. The molecule has 3 fully saturated rings. The van der Waals surface area contributed by atoms with Gasteiger partial charge < -0.3 is 30.4 Å². The first-order valence-corrected chi connectivity index (χ1v) is 16.5. The number of ether oxygens (including phenoxy) is 2. The third-order valence-corrected chi connectivity index (χ3v) is 10.4. The number of alkyl halides is 1. The van der Waals surface area contributed by atoms with E-state index in [-0.39, 0.29) is 48.3 Å². The second kappa shape index (κ2) is 14.9. The van der Waals surface area contributed by atoms with Gasteiger partial charge in [-0.15, -0.1) is 0 Å². The molecular weight excluding hydrogens is 563 g/mol. The number of nitrogens with one attached hydrogen (secondary N) is 2. The minimum atomic E-state index is -0.507. The topological polar surface area (TPSA) is 127 Å². The SMILES string of the molecule is CO[C@H](C)COC(=O)c1cc2cc(NC(=O)[C@@H]3[C@H](C4CCCCC4)CCN3C(=O)C3CCC([C@H](N)CCF)CC3)ccc2[nH]1. The number of benzene rings is 1. The number of aromatic nitrogens is 1. The first-order chi connectivity index (χ1) is 21.3. The molecule has 0 bridgehead atoms. The van der Waals surface area contributed by atoms with Crippen molar-refractivity contribution < 1.29 is 28.2 Å². The highest BCUT2D eigenvalue weighted by molar-refractivity contribution is 6.01. The lowest BCUT2D eigenvalue weighted by Crippen LogP contribution is -2.50. The van der Waals surface area contributed by atoms with Gasteiger partial charge in [-0.2, -0.15) is 0 Å². The summed E-state index contributed by atoms with van der Waals surface area (Å²) in [5.41, 5.74) is 7.91. The van der Waals surface area contributed by atoms with Crippen LogP contribution in [0.3, 0.4) is 0 Å². The Morgan fingerprint density at radius 1 is 1.07 bits per heavy atom. The first-order valence-electron chi connectivity index (χ1n) is 16.5. The molecule has 2 aromatic rings. The number of carbonyl (C=O) groups is 3. The van der Waals surface area contributed by atoms with E-state index in [1.54, 1.807) is 13.2 Å². The maximum Gasteiger partial charge on any atom is 0.354 e. The zero-order valence-electron chi connectivity index (χ0n) is 26.2. The van der Waals surface area contributed by atoms with Crippen molar-refractivity contribution in [2.24, 2.45) is 29.4 Å². The molecule has 0 unspecified atom stereocenters. The van der Waals surface area contributed by atoms with Crippen LogP contribution in [0.15, 0.2) is 24.3 Å². The van der Waals surface area contributed by atoms with Crippen LogP contribution in [0.25, 0.3) is 10.9 Å². The van der Waals surface area contributed by atoms with E-state index in [1.807, 2.05) is 30.0 Å². The molecule has 1 aromatic heterocycles. The van der Waals surface area contributed by atoms with E-state index < -0.39 is 18.7 Å². The van der Waals surface area contributed by atoms with Gasteiger partial charge in [-0.25, -0.2) is 4.79 Å². The molecule has 242 valence electrons. The van der Waals surface area contributed by atoms with Crippen LogP contribution in [0.2, 0.25) is 0 Å². The molecule has 44 heavy (non-hydrogen) atoms. The number of carbonyl (C=O) groups excluding carboxylic acids is 3. The van der Waals surface area contributed by atoms with Crippen molar-refractivity contribution >= 4 is 34.4 Å². The number of fused-ring (bicyclic) bond motifs is 1. The van der Waals surface area contributed by atoms with Gasteiger partial charge in [-0.3, -0.25) is 14.0 Å². The minimum Gasteiger partial charge on any atom is -0.458 e. The van der Waals surface area contributed by atoms with Gasteiger partial charge in [0.1, 0.15) is 18.3 Å². The Morgan fingerprint density at radius 3 is 2.52 bits per heavy atom. The molecule has 9 nitrogen and oxygen atoms in total. The fourth-order valence-electron chi connectivity index (χ4n) is 7.72. The van der Waals surface area contributed by atoms with Crippen molar-refractivity contribution in [2.45, 2.75) is 95.7 Å². The third kappa shape index (κ3) is 7.45. The summed E-state index contributed by atoms with van der Waals surface area (Å²) in [4.78, 5) is 45.5. The lowest BCUT2D eigenvalue weighted by molar-refractivity contribution is -0.142. The number of nitrogens with two attached hydrogens (primary N) is 1. The molecule has 5 rings (SSSR count). The fraction of sp³-hybridized carbons (Fsp3) is 0.676. The summed E-state index contributed by atoms with van der Waals surface area (Å²) in [7, 11) is 1.56. The standard InChI is InChI=1S/C34H49FN4O5/c1-21(43-2)20-44-34(42)30-19-25-18-26(12-13-29(25)38-30)37-32(40)31-27(22-6-4-3-5-7-22)15-17-39(31)33(41)24-10-8-23(9-11-24)28(36)14-16-35/h12-13,18-19,21-24,27-28,31,38H,3-11,14-17,20,36H2,1-2H3,(H,37,40)/t21-,23?,24?,27+,28-,31+/m1/s1. The van der Waals surface area contributed by atoms with Crippen LogP contribution < -0.4 is 11.1 Å². The van der Waals surface area contributed by atoms with Crippen LogP contribution in [-0.4, -0.2) is 72.8 Å². The summed E-state index contributed by atoms with van der Waals surface area (Å²) < 4.78 is 23.3. The lowest BCUT2D eigenvalue weighted by Gasteiger charge is -2.37. The first kappa shape index (κ1) is 32.4. The highest BCUT2D eigenvalue weighted by Crippen LogP contribution is 2.41. The lowest BCUT2D eigenvalue weighted by atomic mass is 9.76. The summed E-state index contributed by atoms with van der Waals surface area (Å²) in [6.45, 7) is 2.16. The Bertz CT molecular complexity index is 1290. The average molecular weight is 613 g/mol. The highest BCUT2D eigenvalue weighted by atomic mass is 19.1. The maximum absolute atomic E-state index is 14.1.